The zero-order chi connectivity index (χ0) is 34.6. The van der Waals surface area contributed by atoms with Gasteiger partial charge in [0.05, 0.1) is 31.4 Å². The van der Waals surface area contributed by atoms with E-state index in [-0.39, 0.29) is 18.4 Å². The fraction of sp³-hybridized carbons (Fsp3) is 0.487. The molecule has 2 aliphatic rings. The number of amides is 2. The molecule has 0 spiro atoms. The number of thioether (sulfide) groups is 1. The maximum Gasteiger partial charge on any atom is 0.407 e. The standard InChI is InChI=1S/C39H51N3O6S/c1-39(2,3)48-38(45)41-34(24-28-9-5-4-6-10-28)36(43)25-31(37(44)40-35-27-49-26-30-11-7-8-12-33(30)35)23-29-13-15-32(16-14-29)47-22-19-42-17-20-46-21-18-42/h4-16,31,34-36,43H,17-27H2,1-3H3,(H,40,44)(H,41,45)/t31-,34+,35-,36+/m1/s1. The number of nitrogens with zero attached hydrogens (tertiary/aromatic N) is 1. The molecule has 0 unspecified atom stereocenters. The van der Waals surface area contributed by atoms with Crippen molar-refractivity contribution in [1.82, 2.24) is 15.5 Å². The molecule has 3 aromatic carbocycles. The second-order valence-corrected chi connectivity index (χ2v) is 14.9. The molecule has 0 radical (unpaired) electrons. The van der Waals surface area contributed by atoms with Gasteiger partial charge in [0.2, 0.25) is 5.91 Å². The third-order valence-electron chi connectivity index (χ3n) is 8.84. The van der Waals surface area contributed by atoms with Gasteiger partial charge in [-0.1, -0.05) is 66.7 Å². The predicted octanol–water partition coefficient (Wildman–Crippen LogP) is 5.55. The first kappa shape index (κ1) is 36.7. The van der Waals surface area contributed by atoms with Crippen LogP contribution in [0.3, 0.4) is 0 Å². The number of aliphatic hydroxyl groups is 1. The first-order valence-corrected chi connectivity index (χ1v) is 18.5. The number of rotatable bonds is 14. The van der Waals surface area contributed by atoms with Crippen LogP contribution in [0.4, 0.5) is 4.79 Å². The second-order valence-electron chi connectivity index (χ2n) is 13.9. The maximum atomic E-state index is 14.1. The lowest BCUT2D eigenvalue weighted by Crippen LogP contribution is -2.48. The highest BCUT2D eigenvalue weighted by atomic mass is 32.2. The van der Waals surface area contributed by atoms with Crippen molar-refractivity contribution >= 4 is 23.8 Å². The molecular formula is C39H51N3O6S. The monoisotopic (exact) mass is 689 g/mol. The summed E-state index contributed by atoms with van der Waals surface area (Å²) in [5.74, 6) is 1.80. The van der Waals surface area contributed by atoms with E-state index < -0.39 is 29.8 Å². The van der Waals surface area contributed by atoms with Crippen LogP contribution in [0, 0.1) is 5.92 Å². The van der Waals surface area contributed by atoms with Crippen molar-refractivity contribution in [1.29, 1.82) is 0 Å². The Kier molecular flexibility index (Phi) is 13.4. The van der Waals surface area contributed by atoms with Crippen molar-refractivity contribution in [3.63, 3.8) is 0 Å². The summed E-state index contributed by atoms with van der Waals surface area (Å²) in [6, 6.07) is 25.0. The first-order chi connectivity index (χ1) is 23.6. The zero-order valence-electron chi connectivity index (χ0n) is 28.9. The van der Waals surface area contributed by atoms with Crippen LogP contribution in [-0.2, 0) is 32.9 Å². The van der Waals surface area contributed by atoms with Crippen molar-refractivity contribution in [2.24, 2.45) is 5.92 Å². The molecular weight excluding hydrogens is 639 g/mol. The molecule has 4 atom stereocenters. The quantitative estimate of drug-likeness (QED) is 0.202. The minimum atomic E-state index is -1.01. The van der Waals surface area contributed by atoms with Gasteiger partial charge in [0.25, 0.3) is 0 Å². The Morgan fingerprint density at radius 2 is 1.65 bits per heavy atom. The number of alkyl carbamates (subject to hydrolysis) is 1. The summed E-state index contributed by atoms with van der Waals surface area (Å²) in [6.07, 6.45) is -0.659. The first-order valence-electron chi connectivity index (χ1n) is 17.3. The summed E-state index contributed by atoms with van der Waals surface area (Å²) in [7, 11) is 0. The van der Waals surface area contributed by atoms with Crippen LogP contribution in [-0.4, -0.2) is 85.0 Å². The highest BCUT2D eigenvalue weighted by molar-refractivity contribution is 7.98. The average Bonchev–Trinajstić information content (AvgIpc) is 3.08. The Labute approximate surface area is 295 Å². The van der Waals surface area contributed by atoms with Gasteiger partial charge in [-0.3, -0.25) is 9.69 Å². The summed E-state index contributed by atoms with van der Waals surface area (Å²) in [6.45, 7) is 10.2. The predicted molar refractivity (Wildman–Crippen MR) is 194 cm³/mol. The van der Waals surface area contributed by atoms with E-state index >= 15 is 0 Å². The lowest BCUT2D eigenvalue weighted by Gasteiger charge is -2.31. The Bertz CT molecular complexity index is 1480. The molecule has 2 aliphatic heterocycles. The van der Waals surface area contributed by atoms with Gasteiger partial charge in [0.15, 0.2) is 0 Å². The lowest BCUT2D eigenvalue weighted by molar-refractivity contribution is -0.126. The van der Waals surface area contributed by atoms with Gasteiger partial charge in [-0.2, -0.15) is 11.8 Å². The van der Waals surface area contributed by atoms with Crippen molar-refractivity contribution in [2.45, 2.75) is 69.6 Å². The molecule has 1 saturated heterocycles. The van der Waals surface area contributed by atoms with Gasteiger partial charge in [0, 0.05) is 37.1 Å². The molecule has 3 N–H and O–H groups in total. The van der Waals surface area contributed by atoms with Crippen LogP contribution in [0.1, 0.15) is 55.5 Å². The van der Waals surface area contributed by atoms with E-state index in [1.54, 1.807) is 32.5 Å². The number of ether oxygens (including phenoxy) is 3. The minimum Gasteiger partial charge on any atom is -0.492 e. The van der Waals surface area contributed by atoms with E-state index in [1.807, 2.05) is 66.7 Å². The van der Waals surface area contributed by atoms with Crippen molar-refractivity contribution < 1.29 is 28.9 Å². The Hall–Kier alpha value is -3.57. The van der Waals surface area contributed by atoms with E-state index in [9.17, 15) is 14.7 Å². The lowest BCUT2D eigenvalue weighted by atomic mass is 9.88. The summed E-state index contributed by atoms with van der Waals surface area (Å²) in [5, 5.41) is 18.0. The van der Waals surface area contributed by atoms with Crippen LogP contribution in [0.5, 0.6) is 5.75 Å². The van der Waals surface area contributed by atoms with Crippen molar-refractivity contribution in [3.05, 3.63) is 101 Å². The molecule has 0 saturated carbocycles. The van der Waals surface area contributed by atoms with Gasteiger partial charge < -0.3 is 30.0 Å². The van der Waals surface area contributed by atoms with Gasteiger partial charge in [-0.15, -0.1) is 0 Å². The maximum absolute atomic E-state index is 14.1. The van der Waals surface area contributed by atoms with E-state index in [2.05, 4.69) is 27.7 Å². The van der Waals surface area contributed by atoms with Crippen LogP contribution >= 0.6 is 11.8 Å². The summed E-state index contributed by atoms with van der Waals surface area (Å²) < 4.78 is 17.0. The molecule has 3 aromatic rings. The highest BCUT2D eigenvalue weighted by Gasteiger charge is 2.32. The number of morpholine rings is 1. The fourth-order valence-electron chi connectivity index (χ4n) is 6.26. The average molecular weight is 690 g/mol. The smallest absolute Gasteiger partial charge is 0.407 e. The number of benzene rings is 3. The number of carbonyl (C=O) groups is 2. The van der Waals surface area contributed by atoms with E-state index in [0.717, 1.165) is 66.8 Å². The van der Waals surface area contributed by atoms with Crippen LogP contribution < -0.4 is 15.4 Å². The number of nitrogens with one attached hydrogen (secondary N) is 2. The van der Waals surface area contributed by atoms with Gasteiger partial charge in [0.1, 0.15) is 18.0 Å². The number of fused-ring (bicyclic) bond motifs is 1. The zero-order valence-corrected chi connectivity index (χ0v) is 29.8. The normalized spacial score (nSPS) is 18.4. The second kappa shape index (κ2) is 17.9. The van der Waals surface area contributed by atoms with Crippen LogP contribution in [0.15, 0.2) is 78.9 Å². The summed E-state index contributed by atoms with van der Waals surface area (Å²) >= 11 is 1.80. The third kappa shape index (κ3) is 11.8. The molecule has 0 bridgehead atoms. The van der Waals surface area contributed by atoms with E-state index in [4.69, 9.17) is 14.2 Å². The molecule has 9 nitrogen and oxygen atoms in total. The SMILES string of the molecule is CC(C)(C)OC(=O)N[C@@H](Cc1ccccc1)[C@@H](O)C[C@@H](Cc1ccc(OCCN2CCOCC2)cc1)C(=O)N[C@@H]1CSCc2ccccc21. The molecule has 264 valence electrons. The molecule has 49 heavy (non-hydrogen) atoms. The molecule has 2 heterocycles. The number of carbonyl (C=O) groups excluding carboxylic acids is 2. The number of hydrogen-bond acceptors (Lipinski definition) is 8. The largest absolute Gasteiger partial charge is 0.492 e. The minimum absolute atomic E-state index is 0.121. The highest BCUT2D eigenvalue weighted by Crippen LogP contribution is 2.32. The van der Waals surface area contributed by atoms with E-state index in [1.165, 1.54) is 5.56 Å². The van der Waals surface area contributed by atoms with E-state index in [0.29, 0.717) is 19.4 Å². The summed E-state index contributed by atoms with van der Waals surface area (Å²) in [4.78, 5) is 29.4. The van der Waals surface area contributed by atoms with Crippen molar-refractivity contribution in [3.8, 4) is 5.75 Å². The number of aliphatic hydroxyl groups excluding tert-OH is 1. The van der Waals surface area contributed by atoms with Gasteiger partial charge in [-0.05, 0) is 74.4 Å². The fourth-order valence-corrected chi connectivity index (χ4v) is 7.36. The number of hydrogen-bond donors (Lipinski definition) is 3. The molecule has 5 rings (SSSR count). The summed E-state index contributed by atoms with van der Waals surface area (Å²) in [5.41, 5.74) is 3.60. The van der Waals surface area contributed by atoms with Crippen LogP contribution in [0.25, 0.3) is 0 Å². The van der Waals surface area contributed by atoms with Crippen LogP contribution in [0.2, 0.25) is 0 Å². The molecule has 1 fully saturated rings. The van der Waals surface area contributed by atoms with Crippen molar-refractivity contribution in [2.75, 3.05) is 45.2 Å². The Morgan fingerprint density at radius 1 is 0.959 bits per heavy atom. The molecule has 10 heteroatoms. The molecule has 0 aromatic heterocycles. The van der Waals surface area contributed by atoms with Gasteiger partial charge in [-0.25, -0.2) is 4.79 Å². The topological polar surface area (TPSA) is 109 Å². The third-order valence-corrected chi connectivity index (χ3v) is 9.92. The van der Waals surface area contributed by atoms with Gasteiger partial charge >= 0.3 is 6.09 Å². The molecule has 0 aliphatic carbocycles. The Morgan fingerprint density at radius 3 is 2.39 bits per heavy atom. The molecule has 2 amide bonds. The Balaban J connectivity index is 1.30.